The van der Waals surface area contributed by atoms with Crippen molar-refractivity contribution in [3.8, 4) is 5.75 Å². The largest absolute Gasteiger partial charge is 0.493 e. The molecule has 0 aliphatic carbocycles. The zero-order valence-electron chi connectivity index (χ0n) is 11.9. The summed E-state index contributed by atoms with van der Waals surface area (Å²) in [5, 5.41) is 2.45. The molecule has 0 aliphatic rings. The van der Waals surface area contributed by atoms with E-state index in [0.717, 1.165) is 37.2 Å². The highest BCUT2D eigenvalue weighted by Crippen LogP contribution is 2.34. The first-order valence-corrected chi connectivity index (χ1v) is 7.18. The van der Waals surface area contributed by atoms with E-state index in [1.807, 2.05) is 0 Å². The van der Waals surface area contributed by atoms with Gasteiger partial charge in [-0.25, -0.2) is 0 Å². The van der Waals surface area contributed by atoms with Crippen molar-refractivity contribution in [2.24, 2.45) is 5.73 Å². The Kier molecular flexibility index (Phi) is 4.80. The summed E-state index contributed by atoms with van der Waals surface area (Å²) < 4.78 is 5.88. The Hall–Kier alpha value is -1.54. The van der Waals surface area contributed by atoms with Gasteiger partial charge >= 0.3 is 0 Å². The lowest BCUT2D eigenvalue weighted by Crippen LogP contribution is -2.12. The van der Waals surface area contributed by atoms with Crippen LogP contribution in [0.1, 0.15) is 44.7 Å². The molecule has 0 spiro atoms. The Balaban J connectivity index is 2.50. The topological polar surface area (TPSA) is 35.2 Å². The highest BCUT2D eigenvalue weighted by Gasteiger charge is 2.15. The molecule has 0 saturated carbocycles. The van der Waals surface area contributed by atoms with Gasteiger partial charge in [0.2, 0.25) is 0 Å². The summed E-state index contributed by atoms with van der Waals surface area (Å²) in [6.45, 7) is 5.02. The van der Waals surface area contributed by atoms with Gasteiger partial charge in [-0.15, -0.1) is 0 Å². The molecular formula is C17H23NO. The maximum Gasteiger partial charge on any atom is 0.124 e. The quantitative estimate of drug-likeness (QED) is 0.831. The predicted molar refractivity (Wildman–Crippen MR) is 81.6 cm³/mol. The molecular weight excluding hydrogens is 234 g/mol. The summed E-state index contributed by atoms with van der Waals surface area (Å²) in [5.41, 5.74) is 7.52. The molecule has 2 aromatic rings. The van der Waals surface area contributed by atoms with Crippen molar-refractivity contribution in [3.63, 3.8) is 0 Å². The normalized spacial score (nSPS) is 12.6. The van der Waals surface area contributed by atoms with Gasteiger partial charge < -0.3 is 10.5 Å². The van der Waals surface area contributed by atoms with Gasteiger partial charge in [0.05, 0.1) is 6.61 Å². The Morgan fingerprint density at radius 1 is 1.05 bits per heavy atom. The SMILES string of the molecule is CCCOc1ccc2ccccc2c1C(N)CCC. The Morgan fingerprint density at radius 3 is 2.58 bits per heavy atom. The number of benzene rings is 2. The van der Waals surface area contributed by atoms with E-state index in [2.05, 4.69) is 50.2 Å². The van der Waals surface area contributed by atoms with Gasteiger partial charge in [0.25, 0.3) is 0 Å². The zero-order chi connectivity index (χ0) is 13.7. The molecule has 19 heavy (non-hydrogen) atoms. The summed E-state index contributed by atoms with van der Waals surface area (Å²) in [5.74, 6) is 0.946. The summed E-state index contributed by atoms with van der Waals surface area (Å²) in [6, 6.07) is 12.6. The number of nitrogens with two attached hydrogens (primary N) is 1. The highest BCUT2D eigenvalue weighted by atomic mass is 16.5. The third-order valence-corrected chi connectivity index (χ3v) is 3.36. The standard InChI is InChI=1S/C17H23NO/c1-3-7-15(18)17-14-9-6-5-8-13(14)10-11-16(17)19-12-4-2/h5-6,8-11,15H,3-4,7,12,18H2,1-2H3. The van der Waals surface area contributed by atoms with Crippen LogP contribution < -0.4 is 10.5 Å². The van der Waals surface area contributed by atoms with E-state index in [9.17, 15) is 0 Å². The first kappa shape index (κ1) is 13.9. The molecule has 0 bridgehead atoms. The van der Waals surface area contributed by atoms with Gasteiger partial charge in [0.1, 0.15) is 5.75 Å². The van der Waals surface area contributed by atoms with Crippen LogP contribution in [0.5, 0.6) is 5.75 Å². The van der Waals surface area contributed by atoms with Crippen molar-refractivity contribution < 1.29 is 4.74 Å². The van der Waals surface area contributed by atoms with Crippen LogP contribution in [0, 0.1) is 0 Å². The molecule has 0 saturated heterocycles. The van der Waals surface area contributed by atoms with Crippen molar-refractivity contribution in [3.05, 3.63) is 42.0 Å². The number of rotatable bonds is 6. The first-order chi connectivity index (χ1) is 9.27. The van der Waals surface area contributed by atoms with E-state index in [1.54, 1.807) is 0 Å². The molecule has 0 aliphatic heterocycles. The smallest absolute Gasteiger partial charge is 0.124 e. The van der Waals surface area contributed by atoms with Crippen LogP contribution >= 0.6 is 0 Å². The minimum Gasteiger partial charge on any atom is -0.493 e. The van der Waals surface area contributed by atoms with Crippen molar-refractivity contribution in [1.29, 1.82) is 0 Å². The predicted octanol–water partition coefficient (Wildman–Crippen LogP) is 4.43. The molecule has 0 aromatic heterocycles. The molecule has 1 unspecified atom stereocenters. The van der Waals surface area contributed by atoms with Gasteiger partial charge in [-0.05, 0) is 29.7 Å². The molecule has 1 atom stereocenters. The third-order valence-electron chi connectivity index (χ3n) is 3.36. The summed E-state index contributed by atoms with van der Waals surface area (Å²) in [7, 11) is 0. The monoisotopic (exact) mass is 257 g/mol. The highest BCUT2D eigenvalue weighted by molar-refractivity contribution is 5.88. The average molecular weight is 257 g/mol. The first-order valence-electron chi connectivity index (χ1n) is 7.18. The van der Waals surface area contributed by atoms with Crippen molar-refractivity contribution >= 4 is 10.8 Å². The summed E-state index contributed by atoms with van der Waals surface area (Å²) in [6.07, 6.45) is 3.07. The second kappa shape index (κ2) is 6.58. The minimum absolute atomic E-state index is 0.0444. The Labute approximate surface area is 115 Å². The number of fused-ring (bicyclic) bond motifs is 1. The maximum atomic E-state index is 6.36. The van der Waals surface area contributed by atoms with Gasteiger partial charge in [-0.1, -0.05) is 50.6 Å². The van der Waals surface area contributed by atoms with Gasteiger partial charge in [-0.3, -0.25) is 0 Å². The summed E-state index contributed by atoms with van der Waals surface area (Å²) >= 11 is 0. The maximum absolute atomic E-state index is 6.36. The fourth-order valence-corrected chi connectivity index (χ4v) is 2.45. The van der Waals surface area contributed by atoms with Crippen LogP contribution in [0.15, 0.2) is 36.4 Å². The second-order valence-corrected chi connectivity index (χ2v) is 4.94. The van der Waals surface area contributed by atoms with Crippen LogP contribution in [-0.4, -0.2) is 6.61 Å². The lowest BCUT2D eigenvalue weighted by Gasteiger charge is -2.19. The molecule has 102 valence electrons. The fraction of sp³-hybridized carbons (Fsp3) is 0.412. The molecule has 2 aromatic carbocycles. The lowest BCUT2D eigenvalue weighted by molar-refractivity contribution is 0.312. The summed E-state index contributed by atoms with van der Waals surface area (Å²) in [4.78, 5) is 0. The van der Waals surface area contributed by atoms with E-state index in [0.29, 0.717) is 0 Å². The Morgan fingerprint density at radius 2 is 1.84 bits per heavy atom. The minimum atomic E-state index is 0.0444. The molecule has 0 heterocycles. The average Bonchev–Trinajstić information content (AvgIpc) is 2.44. The van der Waals surface area contributed by atoms with E-state index < -0.39 is 0 Å². The molecule has 0 fully saturated rings. The van der Waals surface area contributed by atoms with Crippen molar-refractivity contribution in [1.82, 2.24) is 0 Å². The van der Waals surface area contributed by atoms with Crippen molar-refractivity contribution in [2.75, 3.05) is 6.61 Å². The molecule has 2 N–H and O–H groups in total. The van der Waals surface area contributed by atoms with E-state index in [-0.39, 0.29) is 6.04 Å². The van der Waals surface area contributed by atoms with Crippen LogP contribution in [0.2, 0.25) is 0 Å². The van der Waals surface area contributed by atoms with Crippen LogP contribution in [0.25, 0.3) is 10.8 Å². The van der Waals surface area contributed by atoms with Gasteiger partial charge in [-0.2, -0.15) is 0 Å². The van der Waals surface area contributed by atoms with Crippen LogP contribution in [-0.2, 0) is 0 Å². The Bertz CT molecular complexity index is 536. The van der Waals surface area contributed by atoms with Crippen LogP contribution in [0.3, 0.4) is 0 Å². The van der Waals surface area contributed by atoms with E-state index >= 15 is 0 Å². The van der Waals surface area contributed by atoms with E-state index in [1.165, 1.54) is 10.8 Å². The van der Waals surface area contributed by atoms with Crippen molar-refractivity contribution in [2.45, 2.75) is 39.2 Å². The van der Waals surface area contributed by atoms with Gasteiger partial charge in [0, 0.05) is 11.6 Å². The van der Waals surface area contributed by atoms with Crippen LogP contribution in [0.4, 0.5) is 0 Å². The fourth-order valence-electron chi connectivity index (χ4n) is 2.45. The number of ether oxygens (including phenoxy) is 1. The zero-order valence-corrected chi connectivity index (χ0v) is 11.9. The molecule has 2 heteroatoms. The van der Waals surface area contributed by atoms with E-state index in [4.69, 9.17) is 10.5 Å². The lowest BCUT2D eigenvalue weighted by atomic mass is 9.95. The third kappa shape index (κ3) is 3.07. The molecule has 2 nitrogen and oxygen atoms in total. The molecule has 2 rings (SSSR count). The number of hydrogen-bond acceptors (Lipinski definition) is 2. The second-order valence-electron chi connectivity index (χ2n) is 4.94. The number of hydrogen-bond donors (Lipinski definition) is 1. The molecule has 0 radical (unpaired) electrons. The van der Waals surface area contributed by atoms with Gasteiger partial charge in [0.15, 0.2) is 0 Å². The molecule has 0 amide bonds.